The fourth-order valence-electron chi connectivity index (χ4n) is 2.60. The van der Waals surface area contributed by atoms with Gasteiger partial charge in [0.25, 0.3) is 0 Å². The minimum Gasteiger partial charge on any atom is -0.357 e. The smallest absolute Gasteiger partial charge is 0.140 e. The Morgan fingerprint density at radius 1 is 1.50 bits per heavy atom. The average molecular weight is 262 g/mol. The van der Waals surface area contributed by atoms with Crippen LogP contribution in [0.5, 0.6) is 0 Å². The lowest BCUT2D eigenvalue weighted by Gasteiger charge is -2.22. The molecule has 0 bridgehead atoms. The summed E-state index contributed by atoms with van der Waals surface area (Å²) in [5, 5.41) is 4.71. The van der Waals surface area contributed by atoms with E-state index in [0.717, 1.165) is 23.7 Å². The molecule has 18 heavy (non-hydrogen) atoms. The maximum atomic E-state index is 4.46. The van der Waals surface area contributed by atoms with Gasteiger partial charge < -0.3 is 10.2 Å². The van der Waals surface area contributed by atoms with Gasteiger partial charge in [0.2, 0.25) is 0 Å². The summed E-state index contributed by atoms with van der Waals surface area (Å²) in [6.07, 6.45) is 4.22. The zero-order valence-electron chi connectivity index (χ0n) is 10.8. The Labute approximate surface area is 111 Å². The van der Waals surface area contributed by atoms with Gasteiger partial charge in [-0.05, 0) is 32.4 Å². The van der Waals surface area contributed by atoms with Crippen LogP contribution >= 0.6 is 11.3 Å². The van der Waals surface area contributed by atoms with Crippen LogP contribution in [0.3, 0.4) is 0 Å². The Morgan fingerprint density at radius 3 is 3.17 bits per heavy atom. The number of thiophene rings is 1. The minimum atomic E-state index is 0.597. The lowest BCUT2D eigenvalue weighted by molar-refractivity contribution is 0.598. The third kappa shape index (κ3) is 2.20. The van der Waals surface area contributed by atoms with Crippen LogP contribution in [0.4, 0.5) is 5.82 Å². The van der Waals surface area contributed by atoms with Crippen molar-refractivity contribution in [2.75, 3.05) is 25.0 Å². The van der Waals surface area contributed by atoms with Crippen molar-refractivity contribution >= 4 is 27.4 Å². The number of aromatic nitrogens is 2. The highest BCUT2D eigenvalue weighted by molar-refractivity contribution is 7.18. The molecular formula is C13H18N4S. The van der Waals surface area contributed by atoms with Crippen LogP contribution in [0.15, 0.2) is 12.4 Å². The number of rotatable bonds is 3. The molecule has 1 unspecified atom stereocenters. The van der Waals surface area contributed by atoms with E-state index >= 15 is 0 Å². The number of likely N-dealkylation sites (N-methyl/N-ethyl adjacent to an activating group) is 1. The molecule has 0 aromatic carbocycles. The molecule has 4 nitrogen and oxygen atoms in total. The SMILES string of the molecule is Cc1cc2c(N(C)CC3CCCN3)ncnc2s1. The molecule has 1 saturated heterocycles. The van der Waals surface area contributed by atoms with E-state index in [9.17, 15) is 0 Å². The van der Waals surface area contributed by atoms with Crippen molar-refractivity contribution < 1.29 is 0 Å². The molecule has 1 N–H and O–H groups in total. The maximum absolute atomic E-state index is 4.46. The monoisotopic (exact) mass is 262 g/mol. The second kappa shape index (κ2) is 4.82. The van der Waals surface area contributed by atoms with Crippen molar-refractivity contribution in [3.63, 3.8) is 0 Å². The van der Waals surface area contributed by atoms with Crippen LogP contribution in [0.25, 0.3) is 10.2 Å². The number of hydrogen-bond donors (Lipinski definition) is 1. The van der Waals surface area contributed by atoms with Crippen molar-refractivity contribution in [3.8, 4) is 0 Å². The van der Waals surface area contributed by atoms with Gasteiger partial charge in [0.05, 0.1) is 5.39 Å². The predicted molar refractivity (Wildman–Crippen MR) is 76.4 cm³/mol. The number of aryl methyl sites for hydroxylation is 1. The zero-order valence-corrected chi connectivity index (χ0v) is 11.6. The molecule has 2 aromatic heterocycles. The highest BCUT2D eigenvalue weighted by atomic mass is 32.1. The van der Waals surface area contributed by atoms with Gasteiger partial charge in [-0.25, -0.2) is 9.97 Å². The first kappa shape index (κ1) is 11.9. The molecule has 5 heteroatoms. The van der Waals surface area contributed by atoms with Crippen LogP contribution in [0.2, 0.25) is 0 Å². The molecule has 0 saturated carbocycles. The second-order valence-corrected chi connectivity index (χ2v) is 6.18. The molecular weight excluding hydrogens is 244 g/mol. The first-order valence-electron chi connectivity index (χ1n) is 6.39. The fourth-order valence-corrected chi connectivity index (χ4v) is 3.44. The normalized spacial score (nSPS) is 19.6. The Morgan fingerprint density at radius 2 is 2.39 bits per heavy atom. The summed E-state index contributed by atoms with van der Waals surface area (Å²) in [6, 6.07) is 2.79. The van der Waals surface area contributed by atoms with E-state index in [4.69, 9.17) is 0 Å². The first-order valence-corrected chi connectivity index (χ1v) is 7.21. The molecule has 1 fully saturated rings. The summed E-state index contributed by atoms with van der Waals surface area (Å²) in [5.74, 6) is 1.05. The predicted octanol–water partition coefficient (Wildman–Crippen LogP) is 2.19. The van der Waals surface area contributed by atoms with Crippen LogP contribution in [-0.2, 0) is 0 Å². The van der Waals surface area contributed by atoms with Crippen molar-refractivity contribution in [1.82, 2.24) is 15.3 Å². The number of fused-ring (bicyclic) bond motifs is 1. The van der Waals surface area contributed by atoms with Gasteiger partial charge in [-0.2, -0.15) is 0 Å². The molecule has 0 amide bonds. The molecule has 96 valence electrons. The average Bonchev–Trinajstić information content (AvgIpc) is 2.95. The minimum absolute atomic E-state index is 0.597. The van der Waals surface area contributed by atoms with Gasteiger partial charge in [0.1, 0.15) is 17.0 Å². The van der Waals surface area contributed by atoms with Crippen molar-refractivity contribution in [3.05, 3.63) is 17.3 Å². The van der Waals surface area contributed by atoms with E-state index in [1.54, 1.807) is 17.7 Å². The van der Waals surface area contributed by atoms with Gasteiger partial charge in [0.15, 0.2) is 0 Å². The van der Waals surface area contributed by atoms with E-state index in [1.807, 2.05) is 0 Å². The molecule has 3 heterocycles. The topological polar surface area (TPSA) is 41.0 Å². The van der Waals surface area contributed by atoms with Gasteiger partial charge >= 0.3 is 0 Å². The van der Waals surface area contributed by atoms with Gasteiger partial charge in [-0.15, -0.1) is 11.3 Å². The molecule has 0 radical (unpaired) electrons. The Bertz CT molecular complexity index is 545. The van der Waals surface area contributed by atoms with E-state index in [2.05, 4.69) is 40.2 Å². The summed E-state index contributed by atoms with van der Waals surface area (Å²) in [6.45, 7) is 4.28. The van der Waals surface area contributed by atoms with Crippen LogP contribution in [0, 0.1) is 6.92 Å². The Hall–Kier alpha value is -1.20. The molecule has 0 spiro atoms. The van der Waals surface area contributed by atoms with Gasteiger partial charge in [-0.1, -0.05) is 0 Å². The highest BCUT2D eigenvalue weighted by Gasteiger charge is 2.18. The third-order valence-corrected chi connectivity index (χ3v) is 4.41. The zero-order chi connectivity index (χ0) is 12.5. The van der Waals surface area contributed by atoms with Crippen molar-refractivity contribution in [1.29, 1.82) is 0 Å². The molecule has 1 atom stereocenters. The number of anilines is 1. The molecule has 1 aliphatic heterocycles. The van der Waals surface area contributed by atoms with E-state index in [0.29, 0.717) is 6.04 Å². The first-order chi connectivity index (χ1) is 8.74. The Balaban J connectivity index is 1.87. The van der Waals surface area contributed by atoms with E-state index < -0.39 is 0 Å². The molecule has 1 aliphatic rings. The number of nitrogens with zero attached hydrogens (tertiary/aromatic N) is 3. The van der Waals surface area contributed by atoms with Gasteiger partial charge in [0, 0.05) is 24.5 Å². The number of hydrogen-bond acceptors (Lipinski definition) is 5. The van der Waals surface area contributed by atoms with Crippen LogP contribution in [0.1, 0.15) is 17.7 Å². The van der Waals surface area contributed by atoms with Gasteiger partial charge in [-0.3, -0.25) is 0 Å². The van der Waals surface area contributed by atoms with Crippen molar-refractivity contribution in [2.24, 2.45) is 0 Å². The van der Waals surface area contributed by atoms with E-state index in [1.165, 1.54) is 23.1 Å². The van der Waals surface area contributed by atoms with Crippen LogP contribution < -0.4 is 10.2 Å². The maximum Gasteiger partial charge on any atom is 0.140 e. The summed E-state index contributed by atoms with van der Waals surface area (Å²) >= 11 is 1.73. The summed E-state index contributed by atoms with van der Waals surface area (Å²) < 4.78 is 0. The number of nitrogens with one attached hydrogen (secondary N) is 1. The molecule has 3 rings (SSSR count). The fraction of sp³-hybridized carbons (Fsp3) is 0.538. The second-order valence-electron chi connectivity index (χ2n) is 4.95. The summed E-state index contributed by atoms with van der Waals surface area (Å²) in [4.78, 5) is 13.4. The largest absolute Gasteiger partial charge is 0.357 e. The Kier molecular flexibility index (Phi) is 3.18. The molecule has 0 aliphatic carbocycles. The highest BCUT2D eigenvalue weighted by Crippen LogP contribution is 2.29. The lowest BCUT2D eigenvalue weighted by atomic mass is 10.2. The van der Waals surface area contributed by atoms with Crippen molar-refractivity contribution in [2.45, 2.75) is 25.8 Å². The van der Waals surface area contributed by atoms with Crippen LogP contribution in [-0.4, -0.2) is 36.1 Å². The lowest BCUT2D eigenvalue weighted by Crippen LogP contribution is -2.35. The standard InChI is InChI=1S/C13H18N4S/c1-9-6-11-12(15-8-16-13(11)18-9)17(2)7-10-4-3-5-14-10/h6,8,10,14H,3-5,7H2,1-2H3. The molecule has 2 aromatic rings. The summed E-state index contributed by atoms with van der Waals surface area (Å²) in [5.41, 5.74) is 0. The quantitative estimate of drug-likeness (QED) is 0.920. The third-order valence-electron chi connectivity index (χ3n) is 3.45. The van der Waals surface area contributed by atoms with E-state index in [-0.39, 0.29) is 0 Å². The summed E-state index contributed by atoms with van der Waals surface area (Å²) in [7, 11) is 2.12.